The van der Waals surface area contributed by atoms with Gasteiger partial charge in [0.05, 0.1) is 23.2 Å². The normalized spacial score (nSPS) is 15.6. The minimum atomic E-state index is -0.0595. The molecule has 6 heteroatoms. The molecule has 1 N–H and O–H groups in total. The monoisotopic (exact) mass is 277 g/mol. The van der Waals surface area contributed by atoms with Gasteiger partial charge in [-0.2, -0.15) is 0 Å². The molecule has 1 saturated heterocycles. The molecule has 1 fully saturated rings. The van der Waals surface area contributed by atoms with E-state index in [-0.39, 0.29) is 11.8 Å². The number of aromatic nitrogens is 1. The third-order valence-electron chi connectivity index (χ3n) is 3.26. The van der Waals surface area contributed by atoms with Gasteiger partial charge in [-0.3, -0.25) is 9.63 Å². The number of anilines is 1. The highest BCUT2D eigenvalue weighted by Gasteiger charge is 2.34. The lowest BCUT2D eigenvalue weighted by Crippen LogP contribution is -2.53. The minimum Gasteiger partial charge on any atom is -0.346 e. The maximum absolute atomic E-state index is 11.5. The van der Waals surface area contributed by atoms with Crippen molar-refractivity contribution in [3.8, 4) is 0 Å². The number of aryl methyl sites for hydroxylation is 1. The Labute approximate surface area is 115 Å². The van der Waals surface area contributed by atoms with E-state index in [2.05, 4.69) is 39.3 Å². The average Bonchev–Trinajstić information content (AvgIpc) is 2.69. The largest absolute Gasteiger partial charge is 0.346 e. The predicted octanol–water partition coefficient (Wildman–Crippen LogP) is 1.72. The SMILES string of the molecule is CONC(=O)C1CN(c2nc3ccc(C)cc3s2)C1. The molecule has 0 unspecified atom stereocenters. The van der Waals surface area contributed by atoms with Crippen LogP contribution in [0.2, 0.25) is 0 Å². The third kappa shape index (κ3) is 2.29. The molecule has 1 aromatic carbocycles. The summed E-state index contributed by atoms with van der Waals surface area (Å²) in [4.78, 5) is 22.9. The first-order valence-corrected chi connectivity index (χ1v) is 6.94. The van der Waals surface area contributed by atoms with Gasteiger partial charge in [0.1, 0.15) is 0 Å². The zero-order valence-electron chi connectivity index (χ0n) is 10.8. The van der Waals surface area contributed by atoms with Gasteiger partial charge in [0.25, 0.3) is 0 Å². The molecular weight excluding hydrogens is 262 g/mol. The number of carbonyl (C=O) groups excluding carboxylic acids is 1. The number of hydrogen-bond donors (Lipinski definition) is 1. The fraction of sp³-hybridized carbons (Fsp3) is 0.385. The summed E-state index contributed by atoms with van der Waals surface area (Å²) >= 11 is 1.67. The summed E-state index contributed by atoms with van der Waals surface area (Å²) in [7, 11) is 1.45. The van der Waals surface area contributed by atoms with Crippen LogP contribution in [-0.4, -0.2) is 31.1 Å². The predicted molar refractivity (Wildman–Crippen MR) is 75.2 cm³/mol. The van der Waals surface area contributed by atoms with Crippen molar-refractivity contribution >= 4 is 32.6 Å². The number of rotatable bonds is 3. The number of thiazole rings is 1. The molecule has 0 spiro atoms. The van der Waals surface area contributed by atoms with E-state index in [1.165, 1.54) is 17.4 Å². The van der Waals surface area contributed by atoms with E-state index in [9.17, 15) is 4.79 Å². The second kappa shape index (κ2) is 4.79. The number of amides is 1. The third-order valence-corrected chi connectivity index (χ3v) is 4.34. The van der Waals surface area contributed by atoms with E-state index in [1.807, 2.05) is 6.07 Å². The van der Waals surface area contributed by atoms with E-state index in [0.717, 1.165) is 10.6 Å². The molecule has 2 aromatic rings. The van der Waals surface area contributed by atoms with Gasteiger partial charge in [-0.1, -0.05) is 17.4 Å². The maximum Gasteiger partial charge on any atom is 0.250 e. The highest BCUT2D eigenvalue weighted by molar-refractivity contribution is 7.22. The molecule has 5 nitrogen and oxygen atoms in total. The first kappa shape index (κ1) is 12.4. The van der Waals surface area contributed by atoms with Crippen molar-refractivity contribution in [3.05, 3.63) is 23.8 Å². The van der Waals surface area contributed by atoms with Crippen LogP contribution in [0, 0.1) is 12.8 Å². The number of benzene rings is 1. The van der Waals surface area contributed by atoms with E-state index in [4.69, 9.17) is 0 Å². The van der Waals surface area contributed by atoms with Gasteiger partial charge >= 0.3 is 0 Å². The Morgan fingerprint density at radius 3 is 3.05 bits per heavy atom. The second-order valence-electron chi connectivity index (χ2n) is 4.74. The smallest absolute Gasteiger partial charge is 0.250 e. The van der Waals surface area contributed by atoms with Crippen molar-refractivity contribution in [3.63, 3.8) is 0 Å². The highest BCUT2D eigenvalue weighted by atomic mass is 32.1. The number of nitrogens with one attached hydrogen (secondary N) is 1. The summed E-state index contributed by atoms with van der Waals surface area (Å²) in [6, 6.07) is 6.25. The minimum absolute atomic E-state index is 0.00583. The Kier molecular flexibility index (Phi) is 3.12. The Bertz CT molecular complexity index is 619. The van der Waals surface area contributed by atoms with Gasteiger partial charge in [-0.05, 0) is 24.6 Å². The lowest BCUT2D eigenvalue weighted by Gasteiger charge is -2.37. The van der Waals surface area contributed by atoms with Gasteiger partial charge in [0, 0.05) is 13.1 Å². The van der Waals surface area contributed by atoms with Gasteiger partial charge in [-0.15, -0.1) is 0 Å². The van der Waals surface area contributed by atoms with Crippen LogP contribution in [0.4, 0.5) is 5.13 Å². The molecular formula is C13H15N3O2S. The molecule has 2 heterocycles. The van der Waals surface area contributed by atoms with Crippen LogP contribution in [0.5, 0.6) is 0 Å². The average molecular weight is 277 g/mol. The number of hydrogen-bond acceptors (Lipinski definition) is 5. The van der Waals surface area contributed by atoms with Crippen molar-refractivity contribution in [2.45, 2.75) is 6.92 Å². The van der Waals surface area contributed by atoms with Gasteiger partial charge in [0.2, 0.25) is 5.91 Å². The van der Waals surface area contributed by atoms with Crippen molar-refractivity contribution in [1.82, 2.24) is 10.5 Å². The second-order valence-corrected chi connectivity index (χ2v) is 5.75. The summed E-state index contributed by atoms with van der Waals surface area (Å²) in [6.45, 7) is 3.48. The van der Waals surface area contributed by atoms with Crippen molar-refractivity contribution in [2.75, 3.05) is 25.1 Å². The number of hydroxylamine groups is 1. The highest BCUT2D eigenvalue weighted by Crippen LogP contribution is 2.33. The fourth-order valence-electron chi connectivity index (χ4n) is 2.14. The summed E-state index contributed by atoms with van der Waals surface area (Å²) in [5.41, 5.74) is 4.63. The van der Waals surface area contributed by atoms with E-state index in [0.29, 0.717) is 13.1 Å². The molecule has 0 radical (unpaired) electrons. The zero-order chi connectivity index (χ0) is 13.4. The Morgan fingerprint density at radius 2 is 2.32 bits per heavy atom. The van der Waals surface area contributed by atoms with Gasteiger partial charge in [-0.25, -0.2) is 10.5 Å². The van der Waals surface area contributed by atoms with Crippen LogP contribution in [0.15, 0.2) is 18.2 Å². The van der Waals surface area contributed by atoms with Crippen molar-refractivity contribution in [1.29, 1.82) is 0 Å². The molecule has 100 valence electrons. The number of fused-ring (bicyclic) bond motifs is 1. The van der Waals surface area contributed by atoms with Crippen molar-refractivity contribution in [2.24, 2.45) is 5.92 Å². The molecule has 3 rings (SSSR count). The van der Waals surface area contributed by atoms with Crippen LogP contribution < -0.4 is 10.4 Å². The summed E-state index contributed by atoms with van der Waals surface area (Å²) in [5, 5.41) is 0.988. The molecule has 1 aliphatic heterocycles. The molecule has 0 atom stereocenters. The van der Waals surface area contributed by atoms with Crippen LogP contribution in [0.3, 0.4) is 0 Å². The maximum atomic E-state index is 11.5. The number of nitrogens with zero attached hydrogens (tertiary/aromatic N) is 2. The van der Waals surface area contributed by atoms with Crippen molar-refractivity contribution < 1.29 is 9.63 Å². The van der Waals surface area contributed by atoms with E-state index >= 15 is 0 Å². The Morgan fingerprint density at radius 1 is 1.53 bits per heavy atom. The van der Waals surface area contributed by atoms with Gasteiger partial charge < -0.3 is 4.90 Å². The van der Waals surface area contributed by atoms with Crippen LogP contribution in [0.1, 0.15) is 5.56 Å². The summed E-state index contributed by atoms with van der Waals surface area (Å²) < 4.78 is 1.19. The van der Waals surface area contributed by atoms with E-state index in [1.54, 1.807) is 11.3 Å². The number of carbonyl (C=O) groups is 1. The van der Waals surface area contributed by atoms with Crippen LogP contribution in [0.25, 0.3) is 10.2 Å². The lowest BCUT2D eigenvalue weighted by atomic mass is 10.0. The van der Waals surface area contributed by atoms with E-state index < -0.39 is 0 Å². The summed E-state index contributed by atoms with van der Waals surface area (Å²) in [5.74, 6) is -0.0654. The van der Waals surface area contributed by atoms with Crippen LogP contribution in [-0.2, 0) is 9.63 Å². The molecule has 1 aromatic heterocycles. The topological polar surface area (TPSA) is 54.5 Å². The summed E-state index contributed by atoms with van der Waals surface area (Å²) in [6.07, 6.45) is 0. The van der Waals surface area contributed by atoms with Gasteiger partial charge in [0.15, 0.2) is 5.13 Å². The Hall–Kier alpha value is -1.66. The first-order chi connectivity index (χ1) is 9.17. The Balaban J connectivity index is 1.72. The molecule has 1 amide bonds. The molecule has 0 bridgehead atoms. The molecule has 19 heavy (non-hydrogen) atoms. The molecule has 1 aliphatic rings. The fourth-order valence-corrected chi connectivity index (χ4v) is 3.22. The first-order valence-electron chi connectivity index (χ1n) is 6.12. The lowest BCUT2D eigenvalue weighted by molar-refractivity contribution is -0.136. The standard InChI is InChI=1S/C13H15N3O2S/c1-8-3-4-10-11(5-8)19-13(14-10)16-6-9(7-16)12(17)15-18-2/h3-5,9H,6-7H2,1-2H3,(H,15,17). The van der Waals surface area contributed by atoms with Crippen LogP contribution >= 0.6 is 11.3 Å². The zero-order valence-corrected chi connectivity index (χ0v) is 11.7. The quantitative estimate of drug-likeness (QED) is 0.868. The molecule has 0 saturated carbocycles. The molecule has 0 aliphatic carbocycles.